The van der Waals surface area contributed by atoms with Gasteiger partial charge in [-0.3, -0.25) is 0 Å². The standard InChI is InChI=1S/C28H24ClFN6O/c1-37-21-7-9-24-23(17-21)27(22-8-2-18(29)16-25(22)33-24)36-14-12-35(13-15-36)26-10-11-31-28(34-26)32-20-5-3-19(30)4-6-20/h2-11,16-17H,12-15H2,1H3,(H,31,32,34). The fourth-order valence-corrected chi connectivity index (χ4v) is 4.92. The molecule has 1 aliphatic heterocycles. The average Bonchev–Trinajstić information content (AvgIpc) is 2.93. The van der Waals surface area contributed by atoms with Gasteiger partial charge in [0, 0.05) is 53.9 Å². The molecule has 0 amide bonds. The lowest BCUT2D eigenvalue weighted by molar-refractivity contribution is 0.415. The molecule has 0 atom stereocenters. The molecule has 9 heteroatoms. The van der Waals surface area contributed by atoms with Crippen molar-refractivity contribution in [2.75, 3.05) is 48.4 Å². The van der Waals surface area contributed by atoms with Gasteiger partial charge in [0.2, 0.25) is 5.95 Å². The number of nitrogens with zero attached hydrogens (tertiary/aromatic N) is 5. The number of hydrogen-bond acceptors (Lipinski definition) is 7. The van der Waals surface area contributed by atoms with Crippen LogP contribution in [0.3, 0.4) is 0 Å². The number of nitrogens with one attached hydrogen (secondary N) is 1. The second kappa shape index (κ2) is 9.71. The van der Waals surface area contributed by atoms with Crippen LogP contribution in [0.1, 0.15) is 0 Å². The molecule has 3 aromatic carbocycles. The molecule has 0 aliphatic carbocycles. The maximum Gasteiger partial charge on any atom is 0.229 e. The molecule has 0 spiro atoms. The number of methoxy groups -OCH3 is 1. The van der Waals surface area contributed by atoms with E-state index in [1.165, 1.54) is 12.1 Å². The van der Waals surface area contributed by atoms with Crippen LogP contribution in [0, 0.1) is 5.82 Å². The molecular formula is C28H24ClFN6O. The highest BCUT2D eigenvalue weighted by Gasteiger charge is 2.23. The van der Waals surface area contributed by atoms with E-state index >= 15 is 0 Å². The van der Waals surface area contributed by atoms with E-state index in [0.29, 0.717) is 11.0 Å². The van der Waals surface area contributed by atoms with Crippen LogP contribution in [0.15, 0.2) is 72.9 Å². The smallest absolute Gasteiger partial charge is 0.229 e. The Bertz CT molecular complexity index is 1590. The summed E-state index contributed by atoms with van der Waals surface area (Å²) in [5.41, 5.74) is 3.64. The predicted octanol–water partition coefficient (Wildman–Crippen LogP) is 6.05. The maximum absolute atomic E-state index is 13.2. The van der Waals surface area contributed by atoms with Crippen molar-refractivity contribution in [2.45, 2.75) is 0 Å². The van der Waals surface area contributed by atoms with Gasteiger partial charge in [0.25, 0.3) is 0 Å². The number of hydrogen-bond donors (Lipinski definition) is 1. The van der Waals surface area contributed by atoms with Crippen molar-refractivity contribution in [2.24, 2.45) is 0 Å². The molecule has 0 bridgehead atoms. The van der Waals surface area contributed by atoms with Crippen LogP contribution in [-0.2, 0) is 0 Å². The summed E-state index contributed by atoms with van der Waals surface area (Å²) >= 11 is 6.30. The zero-order valence-corrected chi connectivity index (χ0v) is 20.9. The average molecular weight is 515 g/mol. The van der Waals surface area contributed by atoms with E-state index < -0.39 is 0 Å². The van der Waals surface area contributed by atoms with E-state index in [2.05, 4.69) is 26.2 Å². The first kappa shape index (κ1) is 23.2. The van der Waals surface area contributed by atoms with E-state index in [4.69, 9.17) is 26.3 Å². The Morgan fingerprint density at radius 3 is 2.41 bits per heavy atom. The van der Waals surface area contributed by atoms with Crippen molar-refractivity contribution in [3.63, 3.8) is 0 Å². The van der Waals surface area contributed by atoms with Crippen molar-refractivity contribution in [1.29, 1.82) is 0 Å². The molecule has 7 nitrogen and oxygen atoms in total. The van der Waals surface area contributed by atoms with Crippen molar-refractivity contribution < 1.29 is 9.13 Å². The van der Waals surface area contributed by atoms with Crippen LogP contribution < -0.4 is 19.9 Å². The molecule has 6 rings (SSSR count). The van der Waals surface area contributed by atoms with E-state index in [9.17, 15) is 4.39 Å². The Hall–Kier alpha value is -4.17. The third-order valence-electron chi connectivity index (χ3n) is 6.58. The SMILES string of the molecule is COc1ccc2nc3cc(Cl)ccc3c(N3CCN(c4ccnc(Nc5ccc(F)cc5)n4)CC3)c2c1. The Morgan fingerprint density at radius 2 is 1.62 bits per heavy atom. The van der Waals surface area contributed by atoms with Gasteiger partial charge in [0.05, 0.1) is 23.8 Å². The highest BCUT2D eigenvalue weighted by atomic mass is 35.5. The van der Waals surface area contributed by atoms with Crippen LogP contribution in [0.4, 0.5) is 27.5 Å². The highest BCUT2D eigenvalue weighted by molar-refractivity contribution is 6.31. The number of piperazine rings is 1. The van der Waals surface area contributed by atoms with Gasteiger partial charge in [-0.25, -0.2) is 14.4 Å². The van der Waals surface area contributed by atoms with Crippen LogP contribution in [0.25, 0.3) is 21.8 Å². The Balaban J connectivity index is 1.27. The predicted molar refractivity (Wildman–Crippen MR) is 147 cm³/mol. The lowest BCUT2D eigenvalue weighted by atomic mass is 10.1. The van der Waals surface area contributed by atoms with Crippen molar-refractivity contribution in [3.8, 4) is 5.75 Å². The van der Waals surface area contributed by atoms with E-state index in [1.807, 2.05) is 36.4 Å². The summed E-state index contributed by atoms with van der Waals surface area (Å²) in [5, 5.41) is 5.92. The summed E-state index contributed by atoms with van der Waals surface area (Å²) < 4.78 is 18.7. The largest absolute Gasteiger partial charge is 0.497 e. The molecule has 0 saturated carbocycles. The Labute approximate surface area is 218 Å². The van der Waals surface area contributed by atoms with Gasteiger partial charge in [0.15, 0.2) is 0 Å². The topological polar surface area (TPSA) is 66.4 Å². The molecule has 2 aromatic heterocycles. The number of benzene rings is 3. The summed E-state index contributed by atoms with van der Waals surface area (Å²) in [5.74, 6) is 1.83. The van der Waals surface area contributed by atoms with Gasteiger partial charge < -0.3 is 19.9 Å². The van der Waals surface area contributed by atoms with E-state index in [-0.39, 0.29) is 5.82 Å². The van der Waals surface area contributed by atoms with Crippen molar-refractivity contribution in [3.05, 3.63) is 83.8 Å². The van der Waals surface area contributed by atoms with E-state index in [0.717, 1.165) is 70.9 Å². The van der Waals surface area contributed by atoms with Crippen LogP contribution in [0.2, 0.25) is 5.02 Å². The molecular weight excluding hydrogens is 491 g/mol. The molecule has 1 aliphatic rings. The maximum atomic E-state index is 13.2. The molecule has 0 radical (unpaired) electrons. The third-order valence-corrected chi connectivity index (χ3v) is 6.81. The number of ether oxygens (including phenoxy) is 1. The van der Waals surface area contributed by atoms with Gasteiger partial charge in [-0.15, -0.1) is 0 Å². The normalized spacial score (nSPS) is 13.8. The number of aromatic nitrogens is 3. The van der Waals surface area contributed by atoms with Crippen LogP contribution in [0.5, 0.6) is 5.75 Å². The molecule has 0 unspecified atom stereocenters. The Kier molecular flexibility index (Phi) is 6.10. The number of fused-ring (bicyclic) bond motifs is 2. The summed E-state index contributed by atoms with van der Waals surface area (Å²) in [7, 11) is 1.68. The van der Waals surface area contributed by atoms with Gasteiger partial charge in [-0.1, -0.05) is 11.6 Å². The molecule has 186 valence electrons. The number of rotatable bonds is 5. The molecule has 37 heavy (non-hydrogen) atoms. The van der Waals surface area contributed by atoms with Crippen molar-refractivity contribution >= 4 is 56.5 Å². The quantitative estimate of drug-likeness (QED) is 0.286. The monoisotopic (exact) mass is 514 g/mol. The number of pyridine rings is 1. The van der Waals surface area contributed by atoms with Gasteiger partial charge in [0.1, 0.15) is 17.4 Å². The molecule has 1 fully saturated rings. The number of anilines is 4. The lowest BCUT2D eigenvalue weighted by Crippen LogP contribution is -2.47. The van der Waals surface area contributed by atoms with Crippen LogP contribution >= 0.6 is 11.6 Å². The molecule has 5 aromatic rings. The fourth-order valence-electron chi connectivity index (χ4n) is 4.75. The lowest BCUT2D eigenvalue weighted by Gasteiger charge is -2.37. The molecule has 3 heterocycles. The zero-order valence-electron chi connectivity index (χ0n) is 20.2. The summed E-state index contributed by atoms with van der Waals surface area (Å²) in [6, 6.07) is 19.9. The summed E-state index contributed by atoms with van der Waals surface area (Å²) in [6.45, 7) is 3.18. The first-order chi connectivity index (χ1) is 18.1. The third kappa shape index (κ3) is 4.68. The summed E-state index contributed by atoms with van der Waals surface area (Å²) in [4.78, 5) is 18.5. The molecule has 1 saturated heterocycles. The fraction of sp³-hybridized carbons (Fsp3) is 0.179. The molecule has 1 N–H and O–H groups in total. The van der Waals surface area contributed by atoms with E-state index in [1.54, 1.807) is 25.4 Å². The zero-order chi connectivity index (χ0) is 25.4. The van der Waals surface area contributed by atoms with Crippen molar-refractivity contribution in [1.82, 2.24) is 15.0 Å². The Morgan fingerprint density at radius 1 is 0.838 bits per heavy atom. The first-order valence-electron chi connectivity index (χ1n) is 12.0. The van der Waals surface area contributed by atoms with Gasteiger partial charge in [-0.05, 0) is 66.7 Å². The first-order valence-corrected chi connectivity index (χ1v) is 12.4. The van der Waals surface area contributed by atoms with Gasteiger partial charge >= 0.3 is 0 Å². The second-order valence-electron chi connectivity index (χ2n) is 8.85. The highest BCUT2D eigenvalue weighted by Crippen LogP contribution is 2.37. The minimum absolute atomic E-state index is 0.283. The van der Waals surface area contributed by atoms with Gasteiger partial charge in [-0.2, -0.15) is 4.98 Å². The van der Waals surface area contributed by atoms with Crippen LogP contribution in [-0.4, -0.2) is 48.2 Å². The summed E-state index contributed by atoms with van der Waals surface area (Å²) in [6.07, 6.45) is 1.74. The number of halogens is 2. The minimum Gasteiger partial charge on any atom is -0.497 e. The minimum atomic E-state index is -0.283. The second-order valence-corrected chi connectivity index (χ2v) is 9.29.